The van der Waals surface area contributed by atoms with E-state index >= 15 is 0 Å². The number of aromatic nitrogens is 4. The van der Waals surface area contributed by atoms with E-state index in [9.17, 15) is 0 Å². The number of hydrogen-bond donors (Lipinski definition) is 1. The lowest BCUT2D eigenvalue weighted by Crippen LogP contribution is -2.27. The van der Waals surface area contributed by atoms with Crippen LogP contribution in [-0.2, 0) is 6.54 Å². The molecule has 0 spiro atoms. The van der Waals surface area contributed by atoms with Crippen molar-refractivity contribution in [1.29, 1.82) is 5.26 Å². The maximum atomic E-state index is 9.03. The van der Waals surface area contributed by atoms with Gasteiger partial charge in [-0.05, 0) is 28.1 Å². The Morgan fingerprint density at radius 2 is 2.11 bits per heavy atom. The van der Waals surface area contributed by atoms with Gasteiger partial charge in [-0.25, -0.2) is 4.98 Å². The molecule has 4 aromatic rings. The minimum absolute atomic E-state index is 0.529. The Morgan fingerprint density at radius 1 is 1.26 bits per heavy atom. The molecule has 4 rings (SSSR count). The van der Waals surface area contributed by atoms with Crippen LogP contribution in [0.4, 0.5) is 5.82 Å². The van der Waals surface area contributed by atoms with Gasteiger partial charge in [-0.2, -0.15) is 9.61 Å². The fourth-order valence-electron chi connectivity index (χ4n) is 2.75. The second-order valence-corrected chi connectivity index (χ2v) is 7.07. The largest absolute Gasteiger partial charge is 0.463 e. The molecule has 0 saturated carbocycles. The third kappa shape index (κ3) is 3.50. The molecule has 1 aromatic carbocycles. The average Bonchev–Trinajstić information content (AvgIpc) is 3.07. The molecule has 0 aliphatic rings. The van der Waals surface area contributed by atoms with E-state index in [0.717, 1.165) is 27.1 Å². The predicted octanol–water partition coefficient (Wildman–Crippen LogP) is 4.04. The summed E-state index contributed by atoms with van der Waals surface area (Å²) >= 11 is 9.85. The molecule has 0 amide bonds. The number of nitrogens with one attached hydrogen (secondary N) is 1. The summed E-state index contributed by atoms with van der Waals surface area (Å²) in [4.78, 5) is 4.69. The van der Waals surface area contributed by atoms with Crippen LogP contribution in [0.3, 0.4) is 0 Å². The average molecular weight is 441 g/mol. The molecule has 27 heavy (non-hydrogen) atoms. The molecular weight excluding hydrogens is 428 g/mol. The molecule has 0 aliphatic heterocycles. The van der Waals surface area contributed by atoms with Crippen molar-refractivity contribution in [2.75, 3.05) is 5.32 Å². The fourth-order valence-corrected chi connectivity index (χ4v) is 3.33. The van der Waals surface area contributed by atoms with Crippen LogP contribution in [0.1, 0.15) is 5.56 Å². The van der Waals surface area contributed by atoms with Crippen molar-refractivity contribution in [2.24, 2.45) is 0 Å². The molecule has 0 atom stereocenters. The molecular formula is C19H13BrClN6+. The first-order valence-corrected chi connectivity index (χ1v) is 9.26. The van der Waals surface area contributed by atoms with Gasteiger partial charge in [-0.15, -0.1) is 4.57 Å². The summed E-state index contributed by atoms with van der Waals surface area (Å²) in [7, 11) is 0. The number of halogens is 2. The number of nitrogens with zero attached hydrogens (tertiary/aromatic N) is 5. The number of pyridine rings is 1. The van der Waals surface area contributed by atoms with Gasteiger partial charge in [0.25, 0.3) is 0 Å². The van der Waals surface area contributed by atoms with Crippen molar-refractivity contribution >= 4 is 39.0 Å². The number of fused-ring (bicyclic) bond motifs is 1. The molecule has 0 radical (unpaired) electrons. The Kier molecular flexibility index (Phi) is 4.75. The van der Waals surface area contributed by atoms with E-state index in [1.165, 1.54) is 4.57 Å². The molecule has 0 bridgehead atoms. The maximum absolute atomic E-state index is 9.03. The van der Waals surface area contributed by atoms with E-state index in [-0.39, 0.29) is 0 Å². The van der Waals surface area contributed by atoms with Crippen LogP contribution in [-0.4, -0.2) is 14.6 Å². The van der Waals surface area contributed by atoms with Crippen molar-refractivity contribution in [2.45, 2.75) is 6.54 Å². The highest BCUT2D eigenvalue weighted by Crippen LogP contribution is 2.30. The molecule has 3 aromatic heterocycles. The van der Waals surface area contributed by atoms with Gasteiger partial charge < -0.3 is 5.32 Å². The number of benzene rings is 1. The second-order valence-electron chi connectivity index (χ2n) is 5.81. The molecule has 8 heteroatoms. The quantitative estimate of drug-likeness (QED) is 0.486. The molecule has 0 fully saturated rings. The summed E-state index contributed by atoms with van der Waals surface area (Å²) < 4.78 is 3.98. The first kappa shape index (κ1) is 17.5. The highest BCUT2D eigenvalue weighted by molar-refractivity contribution is 9.10. The van der Waals surface area contributed by atoms with Crippen LogP contribution in [0.2, 0.25) is 5.02 Å². The Morgan fingerprint density at radius 3 is 2.93 bits per heavy atom. The summed E-state index contributed by atoms with van der Waals surface area (Å²) in [6.45, 7) is 0.529. The normalized spacial score (nSPS) is 10.7. The fraction of sp³-hybridized carbons (Fsp3) is 0.0526. The summed E-state index contributed by atoms with van der Waals surface area (Å²) in [5.41, 5.74) is 3.25. The summed E-state index contributed by atoms with van der Waals surface area (Å²) in [5.74, 6) is 0.771. The first-order valence-electron chi connectivity index (χ1n) is 8.09. The van der Waals surface area contributed by atoms with E-state index in [4.69, 9.17) is 21.8 Å². The lowest BCUT2D eigenvalue weighted by Gasteiger charge is -2.11. The lowest BCUT2D eigenvalue weighted by atomic mass is 10.1. The molecule has 3 heterocycles. The summed E-state index contributed by atoms with van der Waals surface area (Å²) in [5, 5.41) is 17.4. The highest BCUT2D eigenvalue weighted by atomic mass is 79.9. The summed E-state index contributed by atoms with van der Waals surface area (Å²) in [6.07, 6.45) is 7.26. The van der Waals surface area contributed by atoms with E-state index in [1.807, 2.05) is 42.5 Å². The van der Waals surface area contributed by atoms with Crippen LogP contribution in [0.15, 0.2) is 65.5 Å². The van der Waals surface area contributed by atoms with Crippen LogP contribution in [0.5, 0.6) is 0 Å². The van der Waals surface area contributed by atoms with Crippen molar-refractivity contribution < 1.29 is 4.57 Å². The van der Waals surface area contributed by atoms with Gasteiger partial charge >= 0.3 is 6.19 Å². The molecule has 6 nitrogen and oxygen atoms in total. The minimum atomic E-state index is 0.529. The Hall–Kier alpha value is -2.95. The molecule has 1 N–H and O–H groups in total. The zero-order chi connectivity index (χ0) is 18.8. The van der Waals surface area contributed by atoms with Crippen LogP contribution < -0.4 is 9.88 Å². The standard InChI is InChI=1S/C19H13BrClN6/c20-15-10-24-27-18(23-9-13-4-3-7-26(11-13)12-22)8-17(25-19(15)27)14-5-1-2-6-16(14)21/h1-8,10-11,23H,9H2/q+1. The van der Waals surface area contributed by atoms with E-state index < -0.39 is 0 Å². The van der Waals surface area contributed by atoms with Gasteiger partial charge in [-0.3, -0.25) is 0 Å². The summed E-state index contributed by atoms with van der Waals surface area (Å²) in [6, 6.07) is 13.3. The van der Waals surface area contributed by atoms with Gasteiger partial charge in [0.1, 0.15) is 18.2 Å². The molecule has 0 saturated heterocycles. The SMILES string of the molecule is N#C[n+]1cccc(CNc2cc(-c3ccccc3Cl)nc3c(Br)cnn23)c1. The molecule has 0 aliphatic carbocycles. The number of nitriles is 1. The van der Waals surface area contributed by atoms with Gasteiger partial charge in [-0.1, -0.05) is 35.9 Å². The van der Waals surface area contributed by atoms with E-state index in [0.29, 0.717) is 17.2 Å². The van der Waals surface area contributed by atoms with Gasteiger partial charge in [0.15, 0.2) is 10.9 Å². The minimum Gasteiger partial charge on any atom is -0.366 e. The van der Waals surface area contributed by atoms with Crippen molar-refractivity contribution in [1.82, 2.24) is 14.6 Å². The van der Waals surface area contributed by atoms with Crippen molar-refractivity contribution in [3.63, 3.8) is 0 Å². The number of rotatable bonds is 4. The molecule has 132 valence electrons. The highest BCUT2D eigenvalue weighted by Gasteiger charge is 2.13. The number of anilines is 1. The first-order chi connectivity index (χ1) is 13.2. The Bertz CT molecular complexity index is 1180. The predicted molar refractivity (Wildman–Crippen MR) is 106 cm³/mol. The topological polar surface area (TPSA) is 69.9 Å². The third-order valence-electron chi connectivity index (χ3n) is 4.03. The second kappa shape index (κ2) is 7.35. The lowest BCUT2D eigenvalue weighted by molar-refractivity contribution is -0.586. The zero-order valence-electron chi connectivity index (χ0n) is 14.0. The maximum Gasteiger partial charge on any atom is 0.463 e. The zero-order valence-corrected chi connectivity index (χ0v) is 16.3. The van der Waals surface area contributed by atoms with E-state index in [2.05, 4.69) is 32.5 Å². The Labute approximate surface area is 168 Å². The van der Waals surface area contributed by atoms with Crippen LogP contribution in [0, 0.1) is 11.5 Å². The third-order valence-corrected chi connectivity index (χ3v) is 4.92. The monoisotopic (exact) mass is 439 g/mol. The molecule has 0 unspecified atom stereocenters. The van der Waals surface area contributed by atoms with Gasteiger partial charge in [0.2, 0.25) is 0 Å². The van der Waals surface area contributed by atoms with Crippen molar-refractivity contribution in [3.05, 3.63) is 76.1 Å². The number of hydrogen-bond acceptors (Lipinski definition) is 4. The Balaban J connectivity index is 1.75. The van der Waals surface area contributed by atoms with E-state index in [1.54, 1.807) is 23.1 Å². The van der Waals surface area contributed by atoms with Crippen molar-refractivity contribution in [3.8, 4) is 17.5 Å². The van der Waals surface area contributed by atoms with Crippen LogP contribution in [0.25, 0.3) is 16.9 Å². The van der Waals surface area contributed by atoms with Crippen LogP contribution >= 0.6 is 27.5 Å². The van der Waals surface area contributed by atoms with Gasteiger partial charge in [0.05, 0.1) is 16.4 Å². The van der Waals surface area contributed by atoms with Gasteiger partial charge in [0, 0.05) is 28.8 Å². The smallest absolute Gasteiger partial charge is 0.366 e.